The summed E-state index contributed by atoms with van der Waals surface area (Å²) in [7, 11) is 0. The Kier molecular flexibility index (Phi) is 5.46. The molecule has 3 heterocycles. The van der Waals surface area contributed by atoms with Crippen LogP contribution in [0, 0.1) is 5.41 Å². The predicted molar refractivity (Wildman–Crippen MR) is 109 cm³/mol. The molecular weight excluding hydrogens is 340 g/mol. The van der Waals surface area contributed by atoms with Crippen LogP contribution in [-0.2, 0) is 6.42 Å². The Bertz CT molecular complexity index is 723. The van der Waals surface area contributed by atoms with Crippen molar-refractivity contribution < 1.29 is 0 Å². The van der Waals surface area contributed by atoms with Crippen molar-refractivity contribution >= 4 is 17.6 Å². The van der Waals surface area contributed by atoms with Gasteiger partial charge in [0.2, 0.25) is 0 Å². The Morgan fingerprint density at radius 2 is 1.96 bits per heavy atom. The molecule has 2 aromatic rings. The number of aromatic nitrogens is 2. The van der Waals surface area contributed by atoms with Gasteiger partial charge in [0.1, 0.15) is 5.82 Å². The zero-order valence-corrected chi connectivity index (χ0v) is 16.4. The summed E-state index contributed by atoms with van der Waals surface area (Å²) in [5.74, 6) is 1.10. The van der Waals surface area contributed by atoms with E-state index >= 15 is 0 Å². The molecule has 0 bridgehead atoms. The lowest BCUT2D eigenvalue weighted by Crippen LogP contribution is -2.45. The van der Waals surface area contributed by atoms with Crippen molar-refractivity contribution in [2.24, 2.45) is 5.41 Å². The summed E-state index contributed by atoms with van der Waals surface area (Å²) in [5, 5.41) is 0.872. The lowest BCUT2D eigenvalue weighted by molar-refractivity contribution is 0.106. The van der Waals surface area contributed by atoms with Crippen molar-refractivity contribution in [3.63, 3.8) is 0 Å². The van der Waals surface area contributed by atoms with Crippen LogP contribution in [0.1, 0.15) is 24.8 Å². The molecule has 26 heavy (non-hydrogen) atoms. The number of piperidine rings is 1. The van der Waals surface area contributed by atoms with Crippen LogP contribution in [0.4, 0.5) is 5.82 Å². The van der Waals surface area contributed by atoms with Crippen LogP contribution in [0.2, 0.25) is 0 Å². The molecule has 4 rings (SSSR count). The fraction of sp³-hybridized carbons (Fsp3) is 0.524. The molecule has 0 N–H and O–H groups in total. The summed E-state index contributed by atoms with van der Waals surface area (Å²) in [6.07, 6.45) is 9.05. The molecule has 0 aliphatic carbocycles. The highest BCUT2D eigenvalue weighted by Gasteiger charge is 2.41. The van der Waals surface area contributed by atoms with Crippen LogP contribution < -0.4 is 4.90 Å². The van der Waals surface area contributed by atoms with Crippen molar-refractivity contribution in [2.75, 3.05) is 43.9 Å². The molecule has 2 fully saturated rings. The first-order valence-electron chi connectivity index (χ1n) is 9.65. The Labute approximate surface area is 161 Å². The van der Waals surface area contributed by atoms with Gasteiger partial charge < -0.3 is 9.80 Å². The number of likely N-dealkylation sites (tertiary alicyclic amines) is 1. The molecule has 0 saturated carbocycles. The van der Waals surface area contributed by atoms with Crippen molar-refractivity contribution in [3.8, 4) is 0 Å². The number of nitrogens with zero attached hydrogens (tertiary/aromatic N) is 4. The van der Waals surface area contributed by atoms with Crippen molar-refractivity contribution in [3.05, 3.63) is 48.2 Å². The fourth-order valence-electron chi connectivity index (χ4n) is 4.50. The van der Waals surface area contributed by atoms with Crippen LogP contribution in [0.25, 0.3) is 0 Å². The summed E-state index contributed by atoms with van der Waals surface area (Å²) >= 11 is 1.62. The van der Waals surface area contributed by atoms with Crippen molar-refractivity contribution in [1.82, 2.24) is 14.9 Å². The summed E-state index contributed by atoms with van der Waals surface area (Å²) in [4.78, 5) is 14.2. The van der Waals surface area contributed by atoms with E-state index in [1.165, 1.54) is 44.5 Å². The minimum atomic E-state index is 0.444. The van der Waals surface area contributed by atoms with Crippen LogP contribution in [0.15, 0.2) is 47.8 Å². The summed E-state index contributed by atoms with van der Waals surface area (Å²) in [6, 6.07) is 12.9. The second-order valence-electron chi connectivity index (χ2n) is 7.69. The van der Waals surface area contributed by atoms with E-state index in [0.29, 0.717) is 5.41 Å². The number of rotatable bonds is 5. The van der Waals surface area contributed by atoms with Gasteiger partial charge in [0, 0.05) is 37.8 Å². The van der Waals surface area contributed by atoms with E-state index in [2.05, 4.69) is 51.2 Å². The molecule has 0 unspecified atom stereocenters. The number of thioether (sulfide) groups is 1. The number of hydrogen-bond donors (Lipinski definition) is 0. The molecule has 2 aliphatic rings. The highest BCUT2D eigenvalue weighted by molar-refractivity contribution is 7.98. The minimum Gasteiger partial charge on any atom is -0.356 e. The number of benzene rings is 1. The highest BCUT2D eigenvalue weighted by atomic mass is 32.2. The Hall–Kier alpha value is -1.59. The Morgan fingerprint density at radius 1 is 1.08 bits per heavy atom. The Morgan fingerprint density at radius 3 is 2.81 bits per heavy atom. The van der Waals surface area contributed by atoms with E-state index in [1.807, 2.05) is 12.5 Å². The smallest absolute Gasteiger partial charge is 0.189 e. The van der Waals surface area contributed by atoms with Gasteiger partial charge in [-0.3, -0.25) is 0 Å². The van der Waals surface area contributed by atoms with Crippen molar-refractivity contribution in [1.29, 1.82) is 0 Å². The average Bonchev–Trinajstić information content (AvgIpc) is 3.10. The Balaban J connectivity index is 1.37. The second-order valence-corrected chi connectivity index (χ2v) is 8.46. The average molecular weight is 369 g/mol. The van der Waals surface area contributed by atoms with E-state index in [0.717, 1.165) is 30.5 Å². The zero-order valence-electron chi connectivity index (χ0n) is 15.6. The van der Waals surface area contributed by atoms with Gasteiger partial charge in [-0.15, -0.1) is 0 Å². The monoisotopic (exact) mass is 368 g/mol. The van der Waals surface area contributed by atoms with E-state index in [9.17, 15) is 0 Å². The molecule has 2 aliphatic heterocycles. The summed E-state index contributed by atoms with van der Waals surface area (Å²) < 4.78 is 0. The summed E-state index contributed by atoms with van der Waals surface area (Å²) in [6.45, 7) is 5.92. The standard InChI is InChI=1S/C21H28N4S/c1-26-20-22-12-8-19(23-20)25-15-11-21(17-25)10-5-13-24(16-21)14-9-18-6-3-2-4-7-18/h2-4,6-8,12H,5,9-11,13-17H2,1H3/t21-/m1/s1. The third-order valence-corrected chi connectivity index (χ3v) is 6.43. The number of anilines is 1. The van der Waals surface area contributed by atoms with Crippen LogP contribution in [-0.4, -0.2) is 53.8 Å². The van der Waals surface area contributed by atoms with E-state index in [4.69, 9.17) is 4.98 Å². The number of hydrogen-bond acceptors (Lipinski definition) is 5. The lowest BCUT2D eigenvalue weighted by Gasteiger charge is -2.40. The van der Waals surface area contributed by atoms with E-state index in [-0.39, 0.29) is 0 Å². The van der Waals surface area contributed by atoms with Crippen molar-refractivity contribution in [2.45, 2.75) is 30.8 Å². The SMILES string of the molecule is CSc1nccc(N2CC[C@@]3(CCCN(CCc4ccccc4)C3)C2)n1. The molecule has 0 amide bonds. The zero-order chi connectivity index (χ0) is 17.8. The van der Waals surface area contributed by atoms with Gasteiger partial charge >= 0.3 is 0 Å². The molecule has 1 atom stereocenters. The van der Waals surface area contributed by atoms with Gasteiger partial charge in [0.25, 0.3) is 0 Å². The first kappa shape index (κ1) is 17.8. The largest absolute Gasteiger partial charge is 0.356 e. The van der Waals surface area contributed by atoms with Crippen LogP contribution in [0.3, 0.4) is 0 Å². The quantitative estimate of drug-likeness (QED) is 0.593. The normalized spacial score (nSPS) is 23.7. The summed E-state index contributed by atoms with van der Waals surface area (Å²) in [5.41, 5.74) is 1.89. The molecule has 1 aromatic heterocycles. The maximum atomic E-state index is 4.71. The van der Waals surface area contributed by atoms with E-state index in [1.54, 1.807) is 11.8 Å². The lowest BCUT2D eigenvalue weighted by atomic mass is 9.79. The van der Waals surface area contributed by atoms with Gasteiger partial charge in [0.15, 0.2) is 5.16 Å². The maximum Gasteiger partial charge on any atom is 0.189 e. The van der Waals surface area contributed by atoms with Gasteiger partial charge in [-0.1, -0.05) is 42.1 Å². The second kappa shape index (κ2) is 7.97. The predicted octanol–water partition coefficient (Wildman–Crippen LogP) is 3.73. The molecule has 138 valence electrons. The molecule has 1 spiro atoms. The first-order valence-corrected chi connectivity index (χ1v) is 10.9. The van der Waals surface area contributed by atoms with Gasteiger partial charge in [-0.25, -0.2) is 9.97 Å². The molecule has 1 aromatic carbocycles. The fourth-order valence-corrected chi connectivity index (χ4v) is 4.85. The molecule has 2 saturated heterocycles. The minimum absolute atomic E-state index is 0.444. The molecule has 5 heteroatoms. The third kappa shape index (κ3) is 4.04. The molecular formula is C21H28N4S. The van der Waals surface area contributed by atoms with Crippen LogP contribution in [0.5, 0.6) is 0 Å². The van der Waals surface area contributed by atoms with Crippen LogP contribution >= 0.6 is 11.8 Å². The topological polar surface area (TPSA) is 32.3 Å². The third-order valence-electron chi connectivity index (χ3n) is 5.86. The molecule has 4 nitrogen and oxygen atoms in total. The first-order chi connectivity index (χ1) is 12.8. The highest BCUT2D eigenvalue weighted by Crippen LogP contribution is 2.40. The maximum absolute atomic E-state index is 4.71. The van der Waals surface area contributed by atoms with Gasteiger partial charge in [-0.2, -0.15) is 0 Å². The van der Waals surface area contributed by atoms with Gasteiger partial charge in [-0.05, 0) is 50.1 Å². The molecule has 0 radical (unpaired) electrons. The van der Waals surface area contributed by atoms with E-state index < -0.39 is 0 Å². The van der Waals surface area contributed by atoms with Gasteiger partial charge in [0.05, 0.1) is 0 Å².